The molecule has 0 aliphatic carbocycles. The van der Waals surface area contributed by atoms with Gasteiger partial charge in [-0.25, -0.2) is 9.97 Å². The smallest absolute Gasteiger partial charge is 0.271 e. The summed E-state index contributed by atoms with van der Waals surface area (Å²) in [4.78, 5) is 31.7. The molecule has 2 amide bonds. The second kappa shape index (κ2) is 8.96. The van der Waals surface area contributed by atoms with E-state index in [-0.39, 0.29) is 17.5 Å². The summed E-state index contributed by atoms with van der Waals surface area (Å²) >= 11 is 6.08. The third-order valence-corrected chi connectivity index (χ3v) is 4.11. The predicted octanol–water partition coefficient (Wildman–Crippen LogP) is 3.76. The molecule has 0 unspecified atom stereocenters. The van der Waals surface area contributed by atoms with E-state index in [0.717, 1.165) is 11.3 Å². The van der Waals surface area contributed by atoms with Crippen molar-refractivity contribution in [2.75, 3.05) is 10.6 Å². The van der Waals surface area contributed by atoms with E-state index < -0.39 is 0 Å². The lowest BCUT2D eigenvalue weighted by Gasteiger charge is -2.09. The van der Waals surface area contributed by atoms with Crippen molar-refractivity contribution in [2.24, 2.45) is 0 Å². The molecule has 0 radical (unpaired) electrons. The Morgan fingerprint density at radius 2 is 1.79 bits per heavy atom. The SMILES string of the molecule is CC(=O)Nc1cccc(Nc2cnc(C(=O)NCc3ccccc3Cl)cn2)c1. The van der Waals surface area contributed by atoms with E-state index >= 15 is 0 Å². The van der Waals surface area contributed by atoms with Crippen molar-refractivity contribution in [1.82, 2.24) is 15.3 Å². The van der Waals surface area contributed by atoms with Crippen molar-refractivity contribution in [1.29, 1.82) is 0 Å². The zero-order valence-corrected chi connectivity index (χ0v) is 15.8. The molecule has 0 atom stereocenters. The molecular weight excluding hydrogens is 378 g/mol. The van der Waals surface area contributed by atoms with E-state index in [1.165, 1.54) is 19.3 Å². The maximum Gasteiger partial charge on any atom is 0.271 e. The number of halogens is 1. The molecule has 0 saturated carbocycles. The zero-order chi connectivity index (χ0) is 19.9. The average molecular weight is 396 g/mol. The van der Waals surface area contributed by atoms with Gasteiger partial charge in [0.1, 0.15) is 11.5 Å². The lowest BCUT2D eigenvalue weighted by atomic mass is 10.2. The predicted molar refractivity (Wildman–Crippen MR) is 109 cm³/mol. The van der Waals surface area contributed by atoms with Gasteiger partial charge >= 0.3 is 0 Å². The molecule has 3 aromatic rings. The average Bonchev–Trinajstić information content (AvgIpc) is 2.67. The number of nitrogens with zero attached hydrogens (tertiary/aromatic N) is 2. The van der Waals surface area contributed by atoms with Crippen LogP contribution in [0.5, 0.6) is 0 Å². The summed E-state index contributed by atoms with van der Waals surface area (Å²) in [5, 5.41) is 9.14. The van der Waals surface area contributed by atoms with Gasteiger partial charge in [-0.15, -0.1) is 0 Å². The van der Waals surface area contributed by atoms with Crippen LogP contribution in [-0.4, -0.2) is 21.8 Å². The molecule has 142 valence electrons. The largest absolute Gasteiger partial charge is 0.347 e. The third-order valence-electron chi connectivity index (χ3n) is 3.74. The minimum atomic E-state index is -0.341. The van der Waals surface area contributed by atoms with Gasteiger partial charge in [0, 0.05) is 29.9 Å². The van der Waals surface area contributed by atoms with E-state index in [1.54, 1.807) is 24.3 Å². The van der Waals surface area contributed by atoms with Crippen molar-refractivity contribution in [2.45, 2.75) is 13.5 Å². The Morgan fingerprint density at radius 3 is 2.50 bits per heavy atom. The van der Waals surface area contributed by atoms with Crippen LogP contribution in [0.25, 0.3) is 0 Å². The Morgan fingerprint density at radius 1 is 1.00 bits per heavy atom. The van der Waals surface area contributed by atoms with Crippen molar-refractivity contribution < 1.29 is 9.59 Å². The minimum Gasteiger partial charge on any atom is -0.347 e. The molecule has 28 heavy (non-hydrogen) atoms. The lowest BCUT2D eigenvalue weighted by molar-refractivity contribution is -0.114. The van der Waals surface area contributed by atoms with E-state index in [2.05, 4.69) is 25.9 Å². The first-order valence-electron chi connectivity index (χ1n) is 8.49. The third kappa shape index (κ3) is 5.28. The molecule has 1 heterocycles. The van der Waals surface area contributed by atoms with Gasteiger partial charge in [-0.1, -0.05) is 35.9 Å². The normalized spacial score (nSPS) is 10.2. The molecule has 0 spiro atoms. The maximum absolute atomic E-state index is 12.2. The summed E-state index contributed by atoms with van der Waals surface area (Å²) in [7, 11) is 0. The summed E-state index contributed by atoms with van der Waals surface area (Å²) in [6, 6.07) is 14.5. The number of carbonyl (C=O) groups is 2. The van der Waals surface area contributed by atoms with Crippen molar-refractivity contribution in [3.05, 3.63) is 77.2 Å². The number of benzene rings is 2. The number of hydrogen-bond donors (Lipinski definition) is 3. The van der Waals surface area contributed by atoms with E-state index in [9.17, 15) is 9.59 Å². The number of aromatic nitrogens is 2. The second-order valence-electron chi connectivity index (χ2n) is 5.95. The van der Waals surface area contributed by atoms with Gasteiger partial charge in [0.2, 0.25) is 5.91 Å². The standard InChI is InChI=1S/C20H18ClN5O2/c1-13(27)25-15-6-4-7-16(9-15)26-19-12-22-18(11-23-19)20(28)24-10-14-5-2-3-8-17(14)21/h2-9,11-12H,10H2,1H3,(H,23,26)(H,24,28)(H,25,27). The van der Waals surface area contributed by atoms with Crippen LogP contribution in [0, 0.1) is 0 Å². The zero-order valence-electron chi connectivity index (χ0n) is 15.1. The highest BCUT2D eigenvalue weighted by atomic mass is 35.5. The monoisotopic (exact) mass is 395 g/mol. The Kier molecular flexibility index (Phi) is 6.18. The highest BCUT2D eigenvalue weighted by Crippen LogP contribution is 2.18. The summed E-state index contributed by atoms with van der Waals surface area (Å²) in [6.45, 7) is 1.75. The maximum atomic E-state index is 12.2. The molecule has 1 aromatic heterocycles. The van der Waals surface area contributed by atoms with Crippen LogP contribution in [0.3, 0.4) is 0 Å². The van der Waals surface area contributed by atoms with E-state index in [0.29, 0.717) is 23.1 Å². The first-order valence-corrected chi connectivity index (χ1v) is 8.87. The second-order valence-corrected chi connectivity index (χ2v) is 6.36. The first kappa shape index (κ1) is 19.3. The van der Waals surface area contributed by atoms with Crippen LogP contribution in [0.2, 0.25) is 5.02 Å². The van der Waals surface area contributed by atoms with Crippen LogP contribution >= 0.6 is 11.6 Å². The summed E-state index contributed by atoms with van der Waals surface area (Å²) in [5.74, 6) is -0.0154. The molecule has 3 rings (SSSR count). The van der Waals surface area contributed by atoms with Crippen molar-refractivity contribution in [3.8, 4) is 0 Å². The topological polar surface area (TPSA) is 96.0 Å². The fourth-order valence-corrected chi connectivity index (χ4v) is 2.65. The molecule has 2 aromatic carbocycles. The van der Waals surface area contributed by atoms with E-state index in [4.69, 9.17) is 11.6 Å². The van der Waals surface area contributed by atoms with Crippen LogP contribution in [-0.2, 0) is 11.3 Å². The van der Waals surface area contributed by atoms with Gasteiger partial charge in [0.15, 0.2) is 0 Å². The number of amides is 2. The van der Waals surface area contributed by atoms with Gasteiger partial charge in [-0.05, 0) is 29.8 Å². The summed E-state index contributed by atoms with van der Waals surface area (Å²) in [5.41, 5.74) is 2.42. The van der Waals surface area contributed by atoms with Crippen LogP contribution in [0.1, 0.15) is 23.0 Å². The van der Waals surface area contributed by atoms with E-state index in [1.807, 2.05) is 24.3 Å². The molecule has 0 bridgehead atoms. The van der Waals surface area contributed by atoms with Gasteiger partial charge in [-0.2, -0.15) is 0 Å². The van der Waals surface area contributed by atoms with Gasteiger partial charge in [-0.3, -0.25) is 9.59 Å². The van der Waals surface area contributed by atoms with Gasteiger partial charge < -0.3 is 16.0 Å². The molecule has 0 aliphatic heterocycles. The Balaban J connectivity index is 1.61. The molecule has 7 nitrogen and oxygen atoms in total. The summed E-state index contributed by atoms with van der Waals surface area (Å²) in [6.07, 6.45) is 2.86. The molecule has 8 heteroatoms. The highest BCUT2D eigenvalue weighted by Gasteiger charge is 2.09. The molecule has 0 aliphatic rings. The number of rotatable bonds is 6. The first-order chi connectivity index (χ1) is 13.5. The van der Waals surface area contributed by atoms with Crippen molar-refractivity contribution >= 4 is 40.6 Å². The van der Waals surface area contributed by atoms with Gasteiger partial charge in [0.05, 0.1) is 12.4 Å². The van der Waals surface area contributed by atoms with Gasteiger partial charge in [0.25, 0.3) is 5.91 Å². The fraction of sp³-hybridized carbons (Fsp3) is 0.100. The highest BCUT2D eigenvalue weighted by molar-refractivity contribution is 6.31. The minimum absolute atomic E-state index is 0.149. The Bertz CT molecular complexity index is 992. The van der Waals surface area contributed by atoms with Crippen LogP contribution in [0.15, 0.2) is 60.9 Å². The quantitative estimate of drug-likeness (QED) is 0.590. The molecule has 3 N–H and O–H groups in total. The lowest BCUT2D eigenvalue weighted by Crippen LogP contribution is -2.24. The number of hydrogen-bond acceptors (Lipinski definition) is 5. The van der Waals surface area contributed by atoms with Crippen molar-refractivity contribution in [3.63, 3.8) is 0 Å². The van der Waals surface area contributed by atoms with Crippen LogP contribution in [0.4, 0.5) is 17.2 Å². The van der Waals surface area contributed by atoms with Crippen LogP contribution < -0.4 is 16.0 Å². The Labute approximate surface area is 167 Å². The molecule has 0 fully saturated rings. The number of nitrogens with one attached hydrogen (secondary N) is 3. The molecule has 0 saturated heterocycles. The number of anilines is 3. The Hall–Kier alpha value is -3.45. The summed E-state index contributed by atoms with van der Waals surface area (Å²) < 4.78 is 0. The molecular formula is C20H18ClN5O2. The number of carbonyl (C=O) groups excluding carboxylic acids is 2. The fourth-order valence-electron chi connectivity index (χ4n) is 2.44.